The number of methoxy groups -OCH3 is 1. The van der Waals surface area contributed by atoms with Crippen LogP contribution in [0.15, 0.2) is 48.5 Å². The van der Waals surface area contributed by atoms with Gasteiger partial charge in [0.05, 0.1) is 13.2 Å². The number of nitriles is 1. The van der Waals surface area contributed by atoms with Crippen molar-refractivity contribution in [1.82, 2.24) is 0 Å². The van der Waals surface area contributed by atoms with Gasteiger partial charge in [0.2, 0.25) is 5.91 Å². The number of nitrogens with zero attached hydrogens (tertiary/aromatic N) is 1. The molecule has 0 radical (unpaired) electrons. The first-order chi connectivity index (χ1) is 12.5. The molecule has 0 bridgehead atoms. The van der Waals surface area contributed by atoms with Crippen molar-refractivity contribution in [2.45, 2.75) is 12.3 Å². The highest BCUT2D eigenvalue weighted by atomic mass is 19.1. The summed E-state index contributed by atoms with van der Waals surface area (Å²) in [6, 6.07) is 14.7. The van der Waals surface area contributed by atoms with Crippen molar-refractivity contribution in [3.8, 4) is 11.8 Å². The Kier molecular flexibility index (Phi) is 4.99. The van der Waals surface area contributed by atoms with Crippen LogP contribution in [0.4, 0.5) is 10.1 Å². The molecule has 26 heavy (non-hydrogen) atoms. The molecule has 0 aromatic heterocycles. The van der Waals surface area contributed by atoms with E-state index in [-0.39, 0.29) is 11.7 Å². The Labute approximate surface area is 150 Å². The number of halogens is 1. The third kappa shape index (κ3) is 3.57. The zero-order valence-electron chi connectivity index (χ0n) is 14.1. The highest BCUT2D eigenvalue weighted by Gasteiger charge is 2.48. The lowest BCUT2D eigenvalue weighted by molar-refractivity contribution is -0.129. The van der Waals surface area contributed by atoms with Gasteiger partial charge in [-0.3, -0.25) is 9.59 Å². The van der Waals surface area contributed by atoms with E-state index < -0.39 is 23.5 Å². The first kappa shape index (κ1) is 17.6. The lowest BCUT2D eigenvalue weighted by atomic mass is 9.98. The second-order valence-electron chi connectivity index (χ2n) is 6.16. The molecule has 1 amide bonds. The number of hydrogen-bond acceptors (Lipinski definition) is 4. The summed E-state index contributed by atoms with van der Waals surface area (Å²) in [5, 5.41) is 11.9. The van der Waals surface area contributed by atoms with E-state index in [1.165, 1.54) is 13.2 Å². The predicted molar refractivity (Wildman–Crippen MR) is 93.0 cm³/mol. The minimum Gasteiger partial charge on any atom is -0.497 e. The van der Waals surface area contributed by atoms with Crippen LogP contribution in [0.2, 0.25) is 0 Å². The number of carbonyl (C=O) groups excluding carboxylic acids is 2. The van der Waals surface area contributed by atoms with E-state index in [2.05, 4.69) is 5.32 Å². The molecule has 1 aliphatic rings. The Morgan fingerprint density at radius 1 is 1.27 bits per heavy atom. The number of rotatable bonds is 6. The van der Waals surface area contributed by atoms with Crippen molar-refractivity contribution in [1.29, 1.82) is 5.26 Å². The van der Waals surface area contributed by atoms with Crippen molar-refractivity contribution in [2.75, 3.05) is 12.4 Å². The standard InChI is InChI=1S/C20H17FN2O3/c1-26-13-6-4-5-12(9-13)23-20(25)17(11-22)19(24)16-10-15(16)14-7-2-3-8-18(14)21/h2-9,15-17H,10H2,1H3,(H,23,25). The number of anilines is 1. The molecular weight excluding hydrogens is 335 g/mol. The molecule has 1 fully saturated rings. The monoisotopic (exact) mass is 352 g/mol. The van der Waals surface area contributed by atoms with Crippen LogP contribution in [-0.2, 0) is 9.59 Å². The Bertz CT molecular complexity index is 891. The van der Waals surface area contributed by atoms with Gasteiger partial charge >= 0.3 is 0 Å². The van der Waals surface area contributed by atoms with Gasteiger partial charge in [0.1, 0.15) is 11.6 Å². The van der Waals surface area contributed by atoms with Crippen molar-refractivity contribution in [3.63, 3.8) is 0 Å². The van der Waals surface area contributed by atoms with E-state index in [9.17, 15) is 19.2 Å². The van der Waals surface area contributed by atoms with Gasteiger partial charge < -0.3 is 10.1 Å². The summed E-state index contributed by atoms with van der Waals surface area (Å²) in [5.74, 6) is -3.20. The molecule has 132 valence electrons. The maximum atomic E-state index is 13.9. The van der Waals surface area contributed by atoms with Gasteiger partial charge in [0.25, 0.3) is 0 Å². The summed E-state index contributed by atoms with van der Waals surface area (Å²) in [6.07, 6.45) is 0.449. The fraction of sp³-hybridized carbons (Fsp3) is 0.250. The van der Waals surface area contributed by atoms with E-state index in [4.69, 9.17) is 4.74 Å². The van der Waals surface area contributed by atoms with Crippen LogP contribution >= 0.6 is 0 Å². The number of ketones is 1. The zero-order valence-corrected chi connectivity index (χ0v) is 14.1. The van der Waals surface area contributed by atoms with Gasteiger partial charge in [-0.15, -0.1) is 0 Å². The lowest BCUT2D eigenvalue weighted by Gasteiger charge is -2.10. The highest BCUT2D eigenvalue weighted by molar-refractivity contribution is 6.11. The van der Waals surface area contributed by atoms with Gasteiger partial charge in [-0.05, 0) is 36.1 Å². The van der Waals surface area contributed by atoms with Gasteiger partial charge in [0.15, 0.2) is 11.7 Å². The van der Waals surface area contributed by atoms with Crippen LogP contribution in [0, 0.1) is 29.0 Å². The van der Waals surface area contributed by atoms with E-state index >= 15 is 0 Å². The second-order valence-corrected chi connectivity index (χ2v) is 6.16. The SMILES string of the molecule is COc1cccc(NC(=O)C(C#N)C(=O)C2CC2c2ccccc2F)c1. The Morgan fingerprint density at radius 2 is 2.04 bits per heavy atom. The van der Waals surface area contributed by atoms with Crippen molar-refractivity contribution >= 4 is 17.4 Å². The summed E-state index contributed by atoms with van der Waals surface area (Å²) in [5.41, 5.74) is 0.889. The maximum Gasteiger partial charge on any atom is 0.249 e. The van der Waals surface area contributed by atoms with Gasteiger partial charge in [-0.25, -0.2) is 4.39 Å². The summed E-state index contributed by atoms with van der Waals surface area (Å²) in [4.78, 5) is 24.9. The smallest absolute Gasteiger partial charge is 0.249 e. The third-order valence-electron chi connectivity index (χ3n) is 4.47. The molecule has 6 heteroatoms. The Balaban J connectivity index is 1.69. The first-order valence-electron chi connectivity index (χ1n) is 8.18. The number of nitrogens with one attached hydrogen (secondary N) is 1. The minimum absolute atomic E-state index is 0.274. The number of Topliss-reactive ketones (excluding diaryl/α,β-unsaturated/α-hetero) is 1. The Hall–Kier alpha value is -3.20. The van der Waals surface area contributed by atoms with Crippen molar-refractivity contribution < 1.29 is 18.7 Å². The van der Waals surface area contributed by atoms with Gasteiger partial charge in [-0.2, -0.15) is 5.26 Å². The van der Waals surface area contributed by atoms with E-state index in [0.717, 1.165) is 0 Å². The molecule has 0 aliphatic heterocycles. The van der Waals surface area contributed by atoms with Crippen LogP contribution < -0.4 is 10.1 Å². The van der Waals surface area contributed by atoms with Crippen LogP contribution in [0.3, 0.4) is 0 Å². The minimum atomic E-state index is -1.43. The largest absolute Gasteiger partial charge is 0.497 e. The zero-order chi connectivity index (χ0) is 18.7. The molecule has 0 heterocycles. The first-order valence-corrected chi connectivity index (χ1v) is 8.18. The molecule has 0 spiro atoms. The number of amides is 1. The molecule has 3 rings (SSSR count). The molecule has 1 saturated carbocycles. The Morgan fingerprint density at radius 3 is 2.73 bits per heavy atom. The lowest BCUT2D eigenvalue weighted by Crippen LogP contribution is -2.30. The average molecular weight is 352 g/mol. The number of benzene rings is 2. The molecule has 3 atom stereocenters. The molecule has 3 unspecified atom stereocenters. The fourth-order valence-electron chi connectivity index (χ4n) is 3.01. The normalized spacial score (nSPS) is 19.1. The number of hydrogen-bond donors (Lipinski definition) is 1. The van der Waals surface area contributed by atoms with Gasteiger partial charge in [-0.1, -0.05) is 24.3 Å². The quantitative estimate of drug-likeness (QED) is 0.809. The highest BCUT2D eigenvalue weighted by Crippen LogP contribution is 2.49. The van der Waals surface area contributed by atoms with Crippen LogP contribution in [0.1, 0.15) is 17.9 Å². The topological polar surface area (TPSA) is 79.2 Å². The summed E-state index contributed by atoms with van der Waals surface area (Å²) in [6.45, 7) is 0. The fourth-order valence-corrected chi connectivity index (χ4v) is 3.01. The van der Waals surface area contributed by atoms with E-state index in [1.807, 2.05) is 0 Å². The second kappa shape index (κ2) is 7.36. The molecular formula is C20H17FN2O3. The summed E-state index contributed by atoms with van der Waals surface area (Å²) in [7, 11) is 1.50. The molecule has 1 N–H and O–H groups in total. The molecule has 5 nitrogen and oxygen atoms in total. The van der Waals surface area contributed by atoms with Crippen LogP contribution in [0.5, 0.6) is 5.75 Å². The average Bonchev–Trinajstić information content (AvgIpc) is 3.43. The summed E-state index contributed by atoms with van der Waals surface area (Å²) < 4.78 is 18.9. The number of ether oxygens (including phenoxy) is 1. The molecule has 2 aromatic carbocycles. The summed E-state index contributed by atoms with van der Waals surface area (Å²) >= 11 is 0. The van der Waals surface area contributed by atoms with Crippen molar-refractivity contribution in [2.24, 2.45) is 11.8 Å². The van der Waals surface area contributed by atoms with E-state index in [0.29, 0.717) is 23.4 Å². The van der Waals surface area contributed by atoms with E-state index in [1.54, 1.807) is 48.5 Å². The van der Waals surface area contributed by atoms with Crippen LogP contribution in [-0.4, -0.2) is 18.8 Å². The molecule has 2 aromatic rings. The third-order valence-corrected chi connectivity index (χ3v) is 4.47. The molecule has 0 saturated heterocycles. The van der Waals surface area contributed by atoms with Gasteiger partial charge in [0, 0.05) is 17.7 Å². The number of carbonyl (C=O) groups is 2. The van der Waals surface area contributed by atoms with Crippen LogP contribution in [0.25, 0.3) is 0 Å². The maximum absolute atomic E-state index is 13.9. The molecule has 1 aliphatic carbocycles. The predicted octanol–water partition coefficient (Wildman–Crippen LogP) is 3.29. The van der Waals surface area contributed by atoms with Crippen molar-refractivity contribution in [3.05, 3.63) is 59.9 Å².